The van der Waals surface area contributed by atoms with Crippen molar-refractivity contribution in [1.82, 2.24) is 4.90 Å². The lowest BCUT2D eigenvalue weighted by Crippen LogP contribution is -2.49. The first kappa shape index (κ1) is 19.0. The van der Waals surface area contributed by atoms with Crippen LogP contribution in [-0.4, -0.2) is 37.1 Å². The SMILES string of the molecule is CCC(C)(CCC(C)N1CCN(c2ccccc2)CC1)c1ccccc1. The highest BCUT2D eigenvalue weighted by Gasteiger charge is 2.27. The molecule has 1 fully saturated rings. The van der Waals surface area contributed by atoms with Gasteiger partial charge in [-0.25, -0.2) is 0 Å². The van der Waals surface area contributed by atoms with Crippen LogP contribution >= 0.6 is 0 Å². The Balaban J connectivity index is 1.52. The van der Waals surface area contributed by atoms with Crippen molar-refractivity contribution in [3.05, 3.63) is 66.2 Å². The van der Waals surface area contributed by atoms with Crippen LogP contribution in [0.4, 0.5) is 5.69 Å². The van der Waals surface area contributed by atoms with Gasteiger partial charge in [0.2, 0.25) is 0 Å². The minimum absolute atomic E-state index is 0.293. The fourth-order valence-corrected chi connectivity index (χ4v) is 4.14. The van der Waals surface area contributed by atoms with E-state index >= 15 is 0 Å². The van der Waals surface area contributed by atoms with Crippen LogP contribution in [0, 0.1) is 0 Å². The number of hydrogen-bond donors (Lipinski definition) is 0. The van der Waals surface area contributed by atoms with E-state index in [1.54, 1.807) is 0 Å². The van der Waals surface area contributed by atoms with Crippen LogP contribution in [0.2, 0.25) is 0 Å². The van der Waals surface area contributed by atoms with Crippen molar-refractivity contribution in [2.75, 3.05) is 31.1 Å². The second-order valence-electron chi connectivity index (χ2n) is 8.03. The van der Waals surface area contributed by atoms with E-state index in [1.807, 2.05) is 0 Å². The van der Waals surface area contributed by atoms with Crippen molar-refractivity contribution < 1.29 is 0 Å². The highest BCUT2D eigenvalue weighted by atomic mass is 15.3. The zero-order valence-electron chi connectivity index (χ0n) is 16.7. The maximum absolute atomic E-state index is 2.68. The number of nitrogens with zero attached hydrogens (tertiary/aromatic N) is 2. The Morgan fingerprint density at radius 1 is 0.885 bits per heavy atom. The summed E-state index contributed by atoms with van der Waals surface area (Å²) in [6, 6.07) is 22.6. The molecule has 0 aromatic heterocycles. The van der Waals surface area contributed by atoms with Crippen LogP contribution in [0.15, 0.2) is 60.7 Å². The van der Waals surface area contributed by atoms with Crippen molar-refractivity contribution in [1.29, 1.82) is 0 Å². The molecule has 2 aromatic rings. The van der Waals surface area contributed by atoms with Crippen molar-refractivity contribution in [3.8, 4) is 0 Å². The van der Waals surface area contributed by atoms with Crippen LogP contribution in [0.5, 0.6) is 0 Å². The third kappa shape index (κ3) is 4.48. The van der Waals surface area contributed by atoms with E-state index in [0.29, 0.717) is 11.5 Å². The standard InChI is InChI=1S/C24H34N2/c1-4-24(3,22-11-7-5-8-12-22)16-15-21(2)25-17-19-26(20-18-25)23-13-9-6-10-14-23/h5-14,21H,4,15-20H2,1-3H3. The molecule has 1 saturated heterocycles. The lowest BCUT2D eigenvalue weighted by Gasteiger charge is -2.40. The van der Waals surface area contributed by atoms with Gasteiger partial charge >= 0.3 is 0 Å². The van der Waals surface area contributed by atoms with E-state index in [2.05, 4.69) is 91.2 Å². The number of para-hydroxylation sites is 1. The minimum Gasteiger partial charge on any atom is -0.369 e. The van der Waals surface area contributed by atoms with Crippen molar-refractivity contribution >= 4 is 5.69 Å². The van der Waals surface area contributed by atoms with Crippen LogP contribution in [-0.2, 0) is 5.41 Å². The molecule has 140 valence electrons. The maximum Gasteiger partial charge on any atom is 0.0367 e. The lowest BCUT2D eigenvalue weighted by molar-refractivity contribution is 0.177. The highest BCUT2D eigenvalue weighted by molar-refractivity contribution is 5.46. The molecular weight excluding hydrogens is 316 g/mol. The van der Waals surface area contributed by atoms with Crippen LogP contribution in [0.25, 0.3) is 0 Å². The van der Waals surface area contributed by atoms with Gasteiger partial charge in [-0.1, -0.05) is 62.4 Å². The molecule has 0 saturated carbocycles. The average molecular weight is 351 g/mol. The molecule has 0 amide bonds. The Bertz CT molecular complexity index is 646. The molecule has 1 heterocycles. The summed E-state index contributed by atoms with van der Waals surface area (Å²) in [7, 11) is 0. The number of anilines is 1. The van der Waals surface area contributed by atoms with Crippen LogP contribution in [0.1, 0.15) is 45.6 Å². The molecular formula is C24H34N2. The maximum atomic E-state index is 2.68. The van der Waals surface area contributed by atoms with Gasteiger partial charge in [0, 0.05) is 37.9 Å². The van der Waals surface area contributed by atoms with Gasteiger partial charge in [-0.2, -0.15) is 0 Å². The zero-order chi connectivity index (χ0) is 18.4. The second kappa shape index (κ2) is 8.73. The molecule has 2 unspecified atom stereocenters. The predicted molar refractivity (Wildman–Crippen MR) is 113 cm³/mol. The molecule has 2 aromatic carbocycles. The van der Waals surface area contributed by atoms with E-state index in [9.17, 15) is 0 Å². The third-order valence-corrected chi connectivity index (χ3v) is 6.42. The lowest BCUT2D eigenvalue weighted by atomic mass is 9.75. The van der Waals surface area contributed by atoms with Crippen molar-refractivity contribution in [3.63, 3.8) is 0 Å². The molecule has 0 radical (unpaired) electrons. The molecule has 26 heavy (non-hydrogen) atoms. The molecule has 2 atom stereocenters. The fourth-order valence-electron chi connectivity index (χ4n) is 4.14. The molecule has 0 N–H and O–H groups in total. The molecule has 2 heteroatoms. The van der Waals surface area contributed by atoms with Crippen LogP contribution in [0.3, 0.4) is 0 Å². The van der Waals surface area contributed by atoms with E-state index in [1.165, 1.54) is 43.6 Å². The van der Waals surface area contributed by atoms with Gasteiger partial charge in [-0.3, -0.25) is 4.90 Å². The molecule has 0 spiro atoms. The molecule has 2 nitrogen and oxygen atoms in total. The normalized spacial score (nSPS) is 19.1. The van der Waals surface area contributed by atoms with E-state index in [-0.39, 0.29) is 0 Å². The number of benzene rings is 2. The molecule has 1 aliphatic heterocycles. The zero-order valence-corrected chi connectivity index (χ0v) is 16.7. The Hall–Kier alpha value is -1.80. The van der Waals surface area contributed by atoms with Gasteiger partial charge in [-0.05, 0) is 49.3 Å². The topological polar surface area (TPSA) is 6.48 Å². The van der Waals surface area contributed by atoms with Crippen LogP contribution < -0.4 is 4.90 Å². The Morgan fingerprint density at radius 3 is 2.04 bits per heavy atom. The Kier molecular flexibility index (Phi) is 6.37. The van der Waals surface area contributed by atoms with E-state index in [4.69, 9.17) is 0 Å². The summed E-state index contributed by atoms with van der Waals surface area (Å²) >= 11 is 0. The molecule has 0 bridgehead atoms. The van der Waals surface area contributed by atoms with Gasteiger partial charge in [0.15, 0.2) is 0 Å². The van der Waals surface area contributed by atoms with E-state index in [0.717, 1.165) is 13.1 Å². The summed E-state index contributed by atoms with van der Waals surface area (Å²) in [6.07, 6.45) is 3.73. The summed E-state index contributed by atoms with van der Waals surface area (Å²) in [5.41, 5.74) is 3.15. The summed E-state index contributed by atoms with van der Waals surface area (Å²) in [5, 5.41) is 0. The predicted octanol–water partition coefficient (Wildman–Crippen LogP) is 5.35. The van der Waals surface area contributed by atoms with E-state index < -0.39 is 0 Å². The van der Waals surface area contributed by atoms with Gasteiger partial charge < -0.3 is 4.90 Å². The summed E-state index contributed by atoms with van der Waals surface area (Å²) in [6.45, 7) is 11.8. The third-order valence-electron chi connectivity index (χ3n) is 6.42. The monoisotopic (exact) mass is 350 g/mol. The summed E-state index contributed by atoms with van der Waals surface area (Å²) < 4.78 is 0. The van der Waals surface area contributed by atoms with Gasteiger partial charge in [0.25, 0.3) is 0 Å². The number of hydrogen-bond acceptors (Lipinski definition) is 2. The number of piperazine rings is 1. The first-order valence-corrected chi connectivity index (χ1v) is 10.2. The van der Waals surface area contributed by atoms with Gasteiger partial charge in [0.05, 0.1) is 0 Å². The summed E-state index contributed by atoms with van der Waals surface area (Å²) in [5.74, 6) is 0. The fraction of sp³-hybridized carbons (Fsp3) is 0.500. The quantitative estimate of drug-likeness (QED) is 0.664. The van der Waals surface area contributed by atoms with Crippen molar-refractivity contribution in [2.45, 2.75) is 51.5 Å². The molecule has 3 rings (SSSR count). The largest absolute Gasteiger partial charge is 0.369 e. The first-order chi connectivity index (χ1) is 12.6. The smallest absolute Gasteiger partial charge is 0.0367 e. The minimum atomic E-state index is 0.293. The highest BCUT2D eigenvalue weighted by Crippen LogP contribution is 2.33. The van der Waals surface area contributed by atoms with Gasteiger partial charge in [-0.15, -0.1) is 0 Å². The first-order valence-electron chi connectivity index (χ1n) is 10.2. The Morgan fingerprint density at radius 2 is 1.46 bits per heavy atom. The summed E-state index contributed by atoms with van der Waals surface area (Å²) in [4.78, 5) is 5.20. The average Bonchev–Trinajstić information content (AvgIpc) is 2.73. The van der Waals surface area contributed by atoms with Gasteiger partial charge in [0.1, 0.15) is 0 Å². The number of rotatable bonds is 7. The Labute approximate surface area is 159 Å². The molecule has 1 aliphatic rings. The van der Waals surface area contributed by atoms with Crippen molar-refractivity contribution in [2.24, 2.45) is 0 Å². The second-order valence-corrected chi connectivity index (χ2v) is 8.03. The molecule has 0 aliphatic carbocycles.